The van der Waals surface area contributed by atoms with Crippen molar-refractivity contribution in [1.82, 2.24) is 0 Å². The molecule has 0 aromatic heterocycles. The lowest BCUT2D eigenvalue weighted by molar-refractivity contribution is -0.242. The molecule has 35 heavy (non-hydrogen) atoms. The molecule has 0 saturated heterocycles. The Kier molecular flexibility index (Phi) is 5.59. The third-order valence-corrected chi connectivity index (χ3v) is 13.0. The van der Waals surface area contributed by atoms with E-state index in [0.717, 1.165) is 44.1 Å². The summed E-state index contributed by atoms with van der Waals surface area (Å²) >= 11 is 0. The van der Waals surface area contributed by atoms with Gasteiger partial charge < -0.3 is 20.4 Å². The fraction of sp³-hybridized carbons (Fsp3) is 0.833. The number of carboxylic acid groups (broad SMARTS) is 1. The largest absolute Gasteiger partial charge is 0.481 e. The number of aliphatic carboxylic acids is 1. The molecule has 5 heteroatoms. The maximum Gasteiger partial charge on any atom is 0.310 e. The highest BCUT2D eigenvalue weighted by Crippen LogP contribution is 2.75. The Bertz CT molecular complexity index is 972. The van der Waals surface area contributed by atoms with Crippen molar-refractivity contribution >= 4 is 5.97 Å². The summed E-state index contributed by atoms with van der Waals surface area (Å²) in [6, 6.07) is 0. The van der Waals surface area contributed by atoms with Crippen LogP contribution in [-0.4, -0.2) is 45.2 Å². The predicted molar refractivity (Wildman–Crippen MR) is 135 cm³/mol. The molecule has 0 bridgehead atoms. The Hall–Kier alpha value is -1.17. The van der Waals surface area contributed by atoms with Crippen LogP contribution in [0, 0.1) is 50.7 Å². The van der Waals surface area contributed by atoms with Crippen molar-refractivity contribution in [1.29, 1.82) is 0 Å². The summed E-state index contributed by atoms with van der Waals surface area (Å²) in [5.74, 6) is -0.0184. The summed E-state index contributed by atoms with van der Waals surface area (Å²) in [4.78, 5) is 12.8. The molecule has 5 rings (SSSR count). The van der Waals surface area contributed by atoms with Crippen molar-refractivity contribution in [2.75, 3.05) is 6.61 Å². The first kappa shape index (κ1) is 25.5. The lowest BCUT2D eigenvalue weighted by Gasteiger charge is -2.71. The van der Waals surface area contributed by atoms with Gasteiger partial charge in [-0.15, -0.1) is 0 Å². The molecule has 196 valence electrons. The van der Waals surface area contributed by atoms with Crippen molar-refractivity contribution in [3.05, 3.63) is 23.8 Å². The number of rotatable bonds is 2. The minimum atomic E-state index is -0.918. The van der Waals surface area contributed by atoms with E-state index in [1.165, 1.54) is 5.57 Å². The fourth-order valence-corrected chi connectivity index (χ4v) is 10.6. The van der Waals surface area contributed by atoms with Crippen LogP contribution in [0.2, 0.25) is 0 Å². The van der Waals surface area contributed by atoms with Crippen LogP contribution in [-0.2, 0) is 4.79 Å². The van der Waals surface area contributed by atoms with Gasteiger partial charge in [-0.1, -0.05) is 58.4 Å². The lowest BCUT2D eigenvalue weighted by atomic mass is 9.33. The maximum atomic E-state index is 12.8. The number of hydrogen-bond acceptors (Lipinski definition) is 4. The van der Waals surface area contributed by atoms with Crippen LogP contribution in [0.4, 0.5) is 0 Å². The standard InChI is InChI=1S/C30H46O5/c1-17-9-12-30(25(34)35)14-13-28(5)19(23(30)18(17)2)7-8-22-26(3)15-20(32)24(33)27(4,16-31)21(26)10-11-29(22,28)6/h7,17,20-24,31-33H,2,8-16H2,1,3-6H3,(H,34,35)/t17-,20-,21-,22-,23+,24+,26+,27+,28-,29-,30+/m1/s1. The maximum absolute atomic E-state index is 12.8. The summed E-state index contributed by atoms with van der Waals surface area (Å²) in [7, 11) is 0. The molecule has 0 aromatic carbocycles. The van der Waals surface area contributed by atoms with Gasteiger partial charge in [-0.2, -0.15) is 0 Å². The first-order valence-electron chi connectivity index (χ1n) is 13.8. The van der Waals surface area contributed by atoms with Crippen LogP contribution >= 0.6 is 0 Å². The molecule has 4 saturated carbocycles. The predicted octanol–water partition coefficient (Wildman–Crippen LogP) is 4.95. The van der Waals surface area contributed by atoms with Crippen LogP contribution in [0.15, 0.2) is 23.8 Å². The minimum Gasteiger partial charge on any atom is -0.481 e. The second-order valence-electron chi connectivity index (χ2n) is 14.1. The molecule has 0 radical (unpaired) electrons. The van der Waals surface area contributed by atoms with Crippen molar-refractivity contribution in [3.63, 3.8) is 0 Å². The molecule has 0 spiro atoms. The number of aliphatic hydroxyl groups is 3. The third-order valence-electron chi connectivity index (χ3n) is 13.0. The number of fused-ring (bicyclic) bond motifs is 7. The summed E-state index contributed by atoms with van der Waals surface area (Å²) in [6.45, 7) is 15.6. The Morgan fingerprint density at radius 2 is 1.74 bits per heavy atom. The average molecular weight is 487 g/mol. The average Bonchev–Trinajstić information content (AvgIpc) is 2.80. The molecule has 0 aliphatic heterocycles. The molecule has 0 heterocycles. The van der Waals surface area contributed by atoms with E-state index in [1.54, 1.807) is 0 Å². The van der Waals surface area contributed by atoms with Crippen LogP contribution in [0.3, 0.4) is 0 Å². The number of allylic oxidation sites excluding steroid dienone is 3. The van der Waals surface area contributed by atoms with E-state index in [9.17, 15) is 25.2 Å². The highest BCUT2D eigenvalue weighted by atomic mass is 16.4. The van der Waals surface area contributed by atoms with Gasteiger partial charge in [-0.25, -0.2) is 0 Å². The first-order chi connectivity index (χ1) is 16.2. The molecule has 4 fully saturated rings. The Balaban J connectivity index is 1.63. The van der Waals surface area contributed by atoms with Crippen LogP contribution < -0.4 is 0 Å². The van der Waals surface area contributed by atoms with Gasteiger partial charge in [-0.3, -0.25) is 4.79 Å². The Morgan fingerprint density at radius 1 is 1.06 bits per heavy atom. The molecule has 11 atom stereocenters. The van der Waals surface area contributed by atoms with Gasteiger partial charge in [0.2, 0.25) is 0 Å². The van der Waals surface area contributed by atoms with Crippen molar-refractivity contribution in [3.8, 4) is 0 Å². The summed E-state index contributed by atoms with van der Waals surface area (Å²) in [6.07, 6.45) is 7.05. The zero-order chi connectivity index (χ0) is 25.8. The molecule has 5 nitrogen and oxygen atoms in total. The van der Waals surface area contributed by atoms with E-state index >= 15 is 0 Å². The van der Waals surface area contributed by atoms with Crippen LogP contribution in [0.25, 0.3) is 0 Å². The second-order valence-corrected chi connectivity index (χ2v) is 14.1. The number of hydrogen-bond donors (Lipinski definition) is 4. The van der Waals surface area contributed by atoms with E-state index in [0.29, 0.717) is 24.7 Å². The van der Waals surface area contributed by atoms with Gasteiger partial charge in [0, 0.05) is 11.3 Å². The van der Waals surface area contributed by atoms with Crippen LogP contribution in [0.1, 0.15) is 86.0 Å². The smallest absolute Gasteiger partial charge is 0.310 e. The van der Waals surface area contributed by atoms with E-state index < -0.39 is 29.0 Å². The molecule has 0 unspecified atom stereocenters. The topological polar surface area (TPSA) is 98.0 Å². The van der Waals surface area contributed by atoms with Gasteiger partial charge in [0.15, 0.2) is 0 Å². The Morgan fingerprint density at radius 3 is 2.37 bits per heavy atom. The van der Waals surface area contributed by atoms with Gasteiger partial charge in [-0.05, 0) is 85.4 Å². The normalized spacial score (nSPS) is 55.7. The zero-order valence-corrected chi connectivity index (χ0v) is 22.3. The van der Waals surface area contributed by atoms with Crippen molar-refractivity contribution < 1.29 is 25.2 Å². The van der Waals surface area contributed by atoms with Gasteiger partial charge in [0.25, 0.3) is 0 Å². The molecule has 0 amide bonds. The SMILES string of the molecule is C=C1[C@H]2C3=CC[C@@H]4[C@@]5(C)C[C@@H](O)[C@H](O)[C@@](C)(CO)[C@@H]5CC[C@@]4(C)[C@]3(C)CC[C@@]2(C(=O)O)CC[C@H]1C. The Labute approximate surface area is 210 Å². The molecular weight excluding hydrogens is 440 g/mol. The second kappa shape index (κ2) is 7.68. The highest BCUT2D eigenvalue weighted by Gasteiger charge is 2.70. The number of carbonyl (C=O) groups is 1. The first-order valence-corrected chi connectivity index (χ1v) is 13.8. The molecular formula is C30H46O5. The van der Waals surface area contributed by atoms with Gasteiger partial charge >= 0.3 is 5.97 Å². The van der Waals surface area contributed by atoms with E-state index in [2.05, 4.69) is 40.3 Å². The molecule has 5 aliphatic carbocycles. The van der Waals surface area contributed by atoms with Crippen molar-refractivity contribution in [2.45, 2.75) is 98.2 Å². The van der Waals surface area contributed by atoms with E-state index in [1.807, 2.05) is 6.92 Å². The summed E-state index contributed by atoms with van der Waals surface area (Å²) < 4.78 is 0. The van der Waals surface area contributed by atoms with Gasteiger partial charge in [0.05, 0.1) is 24.2 Å². The summed E-state index contributed by atoms with van der Waals surface area (Å²) in [5, 5.41) is 42.8. The van der Waals surface area contributed by atoms with E-state index in [4.69, 9.17) is 0 Å². The quantitative estimate of drug-likeness (QED) is 0.414. The highest BCUT2D eigenvalue weighted by molar-refractivity contribution is 5.77. The lowest BCUT2D eigenvalue weighted by Crippen LogP contribution is -2.68. The van der Waals surface area contributed by atoms with Crippen molar-refractivity contribution in [2.24, 2.45) is 50.7 Å². The fourth-order valence-electron chi connectivity index (χ4n) is 10.6. The summed E-state index contributed by atoms with van der Waals surface area (Å²) in [5.41, 5.74) is 0.547. The van der Waals surface area contributed by atoms with E-state index in [-0.39, 0.29) is 34.7 Å². The molecule has 5 aliphatic rings. The number of carboxylic acids is 1. The van der Waals surface area contributed by atoms with Gasteiger partial charge in [0.1, 0.15) is 0 Å². The zero-order valence-electron chi connectivity index (χ0n) is 22.3. The third kappa shape index (κ3) is 2.89. The minimum absolute atomic E-state index is 0.0493. The van der Waals surface area contributed by atoms with Crippen LogP contribution in [0.5, 0.6) is 0 Å². The molecule has 4 N–H and O–H groups in total. The monoisotopic (exact) mass is 486 g/mol. The number of aliphatic hydroxyl groups excluding tert-OH is 3. The molecule has 0 aromatic rings.